The molecule has 0 amide bonds. The molecule has 1 N–H and O–H groups in total. The second-order valence-corrected chi connectivity index (χ2v) is 4.69. The van der Waals surface area contributed by atoms with Gasteiger partial charge in [-0.05, 0) is 24.3 Å². The normalized spacial score (nSPS) is 10.5. The highest BCUT2D eigenvalue weighted by Crippen LogP contribution is 2.21. The first-order chi connectivity index (χ1) is 9.72. The summed E-state index contributed by atoms with van der Waals surface area (Å²) in [6, 6.07) is 11.9. The summed E-state index contributed by atoms with van der Waals surface area (Å²) in [6.45, 7) is 0. The number of anilines is 3. The Labute approximate surface area is 117 Å². The Balaban J connectivity index is 1.90. The zero-order valence-corrected chi connectivity index (χ0v) is 11.4. The van der Waals surface area contributed by atoms with Crippen molar-refractivity contribution in [3.8, 4) is 0 Å². The van der Waals surface area contributed by atoms with E-state index in [0.29, 0.717) is 0 Å². The first-order valence-electron chi connectivity index (χ1n) is 6.33. The third-order valence-electron chi connectivity index (χ3n) is 2.99. The summed E-state index contributed by atoms with van der Waals surface area (Å²) in [4.78, 5) is 14.7. The minimum atomic E-state index is 0.770. The third kappa shape index (κ3) is 2.51. The molecule has 0 bridgehead atoms. The van der Waals surface area contributed by atoms with Crippen LogP contribution in [-0.4, -0.2) is 29.0 Å². The zero-order chi connectivity index (χ0) is 13.9. The number of nitrogens with one attached hydrogen (secondary N) is 1. The molecule has 0 aliphatic heterocycles. The van der Waals surface area contributed by atoms with E-state index in [9.17, 15) is 0 Å². The van der Waals surface area contributed by atoms with Gasteiger partial charge in [0.1, 0.15) is 18.0 Å². The Kier molecular flexibility index (Phi) is 3.16. The topological polar surface area (TPSA) is 53.9 Å². The van der Waals surface area contributed by atoms with Crippen molar-refractivity contribution in [1.82, 2.24) is 15.0 Å². The lowest BCUT2D eigenvalue weighted by Gasteiger charge is -2.12. The second kappa shape index (κ2) is 5.13. The molecule has 2 heterocycles. The Morgan fingerprint density at radius 3 is 2.75 bits per heavy atom. The first kappa shape index (κ1) is 12.3. The van der Waals surface area contributed by atoms with E-state index < -0.39 is 0 Å². The maximum absolute atomic E-state index is 4.31. The third-order valence-corrected chi connectivity index (χ3v) is 2.99. The highest BCUT2D eigenvalue weighted by molar-refractivity contribution is 5.83. The van der Waals surface area contributed by atoms with Crippen LogP contribution in [0.2, 0.25) is 0 Å². The molecule has 0 saturated heterocycles. The van der Waals surface area contributed by atoms with Crippen LogP contribution in [0.4, 0.5) is 17.3 Å². The van der Waals surface area contributed by atoms with E-state index in [-0.39, 0.29) is 0 Å². The van der Waals surface area contributed by atoms with Crippen LogP contribution < -0.4 is 10.2 Å². The fourth-order valence-corrected chi connectivity index (χ4v) is 1.96. The van der Waals surface area contributed by atoms with Gasteiger partial charge in [0.05, 0.1) is 5.52 Å². The Bertz CT molecular complexity index is 739. The molecule has 0 aliphatic carbocycles. The highest BCUT2D eigenvalue weighted by Gasteiger charge is 2.02. The van der Waals surface area contributed by atoms with Crippen molar-refractivity contribution >= 4 is 28.2 Å². The van der Waals surface area contributed by atoms with E-state index in [1.165, 1.54) is 0 Å². The van der Waals surface area contributed by atoms with Crippen LogP contribution in [0.1, 0.15) is 0 Å². The lowest BCUT2D eigenvalue weighted by atomic mass is 10.2. The number of hydrogen-bond donors (Lipinski definition) is 1. The van der Waals surface area contributed by atoms with Gasteiger partial charge in [0.15, 0.2) is 0 Å². The molecule has 0 radical (unpaired) electrons. The van der Waals surface area contributed by atoms with Crippen molar-refractivity contribution in [2.45, 2.75) is 0 Å². The monoisotopic (exact) mass is 265 g/mol. The number of pyridine rings is 1. The Morgan fingerprint density at radius 1 is 1.00 bits per heavy atom. The standard InChI is InChI=1S/C15H15N5/c1-20(2)15-9-14(17-10-18-15)19-12-5-6-13-11(8-12)4-3-7-16-13/h3-10H,1-2H3,(H,17,18,19). The molecular formula is C15H15N5. The average molecular weight is 265 g/mol. The summed E-state index contributed by atoms with van der Waals surface area (Å²) in [5, 5.41) is 4.38. The van der Waals surface area contributed by atoms with Crippen LogP contribution in [0.25, 0.3) is 10.9 Å². The van der Waals surface area contributed by atoms with E-state index in [2.05, 4.69) is 26.3 Å². The van der Waals surface area contributed by atoms with Crippen LogP contribution in [0, 0.1) is 0 Å². The molecule has 3 rings (SSSR count). The predicted octanol–water partition coefficient (Wildman–Crippen LogP) is 2.83. The smallest absolute Gasteiger partial charge is 0.135 e. The van der Waals surface area contributed by atoms with Gasteiger partial charge >= 0.3 is 0 Å². The quantitative estimate of drug-likeness (QED) is 0.789. The molecular weight excluding hydrogens is 250 g/mol. The van der Waals surface area contributed by atoms with Crippen LogP contribution in [0.5, 0.6) is 0 Å². The fraction of sp³-hybridized carbons (Fsp3) is 0.133. The van der Waals surface area contributed by atoms with Gasteiger partial charge in [0.2, 0.25) is 0 Å². The Morgan fingerprint density at radius 2 is 1.90 bits per heavy atom. The summed E-state index contributed by atoms with van der Waals surface area (Å²) in [7, 11) is 3.90. The molecule has 5 nitrogen and oxygen atoms in total. The second-order valence-electron chi connectivity index (χ2n) is 4.69. The maximum Gasteiger partial charge on any atom is 0.135 e. The van der Waals surface area contributed by atoms with Crippen molar-refractivity contribution in [3.63, 3.8) is 0 Å². The van der Waals surface area contributed by atoms with Gasteiger partial charge in [0, 0.05) is 37.4 Å². The average Bonchev–Trinajstić information content (AvgIpc) is 2.47. The molecule has 0 spiro atoms. The minimum absolute atomic E-state index is 0.770. The van der Waals surface area contributed by atoms with Crippen LogP contribution >= 0.6 is 0 Å². The van der Waals surface area contributed by atoms with Crippen molar-refractivity contribution in [2.24, 2.45) is 0 Å². The van der Waals surface area contributed by atoms with Gasteiger partial charge in [-0.3, -0.25) is 4.98 Å². The van der Waals surface area contributed by atoms with Crippen molar-refractivity contribution in [3.05, 3.63) is 48.9 Å². The molecule has 20 heavy (non-hydrogen) atoms. The zero-order valence-electron chi connectivity index (χ0n) is 11.4. The lowest BCUT2D eigenvalue weighted by molar-refractivity contribution is 1.04. The Hall–Kier alpha value is -2.69. The summed E-state index contributed by atoms with van der Waals surface area (Å²) < 4.78 is 0. The summed E-state index contributed by atoms with van der Waals surface area (Å²) >= 11 is 0. The molecule has 0 fully saturated rings. The first-order valence-corrected chi connectivity index (χ1v) is 6.33. The number of nitrogens with zero attached hydrogens (tertiary/aromatic N) is 4. The molecule has 2 aromatic heterocycles. The van der Waals surface area contributed by atoms with E-state index in [4.69, 9.17) is 0 Å². The molecule has 5 heteroatoms. The summed E-state index contributed by atoms with van der Waals surface area (Å²) in [6.07, 6.45) is 3.35. The molecule has 3 aromatic rings. The molecule has 0 atom stereocenters. The largest absolute Gasteiger partial charge is 0.363 e. The van der Waals surface area contributed by atoms with Crippen LogP contribution in [-0.2, 0) is 0 Å². The molecule has 0 aliphatic rings. The molecule has 100 valence electrons. The molecule has 1 aromatic carbocycles. The number of benzene rings is 1. The van der Waals surface area contributed by atoms with E-state index >= 15 is 0 Å². The SMILES string of the molecule is CN(C)c1cc(Nc2ccc3ncccc3c2)ncn1. The summed E-state index contributed by atoms with van der Waals surface area (Å²) in [5.41, 5.74) is 1.96. The van der Waals surface area contributed by atoms with Gasteiger partial charge in [-0.1, -0.05) is 6.07 Å². The molecule has 0 saturated carbocycles. The predicted molar refractivity (Wildman–Crippen MR) is 81.4 cm³/mol. The van der Waals surface area contributed by atoms with E-state index in [0.717, 1.165) is 28.2 Å². The van der Waals surface area contributed by atoms with Crippen LogP contribution in [0.3, 0.4) is 0 Å². The number of hydrogen-bond acceptors (Lipinski definition) is 5. The van der Waals surface area contributed by atoms with Crippen LogP contribution in [0.15, 0.2) is 48.9 Å². The van der Waals surface area contributed by atoms with Crippen molar-refractivity contribution in [1.29, 1.82) is 0 Å². The highest BCUT2D eigenvalue weighted by atomic mass is 15.2. The van der Waals surface area contributed by atoms with E-state index in [1.54, 1.807) is 12.5 Å². The maximum atomic E-state index is 4.31. The number of rotatable bonds is 3. The van der Waals surface area contributed by atoms with E-state index in [1.807, 2.05) is 49.3 Å². The van der Waals surface area contributed by atoms with Crippen molar-refractivity contribution in [2.75, 3.05) is 24.3 Å². The summed E-state index contributed by atoms with van der Waals surface area (Å²) in [5.74, 6) is 1.64. The lowest BCUT2D eigenvalue weighted by Crippen LogP contribution is -2.11. The van der Waals surface area contributed by atoms with Gasteiger partial charge in [-0.25, -0.2) is 9.97 Å². The van der Waals surface area contributed by atoms with Gasteiger partial charge in [-0.15, -0.1) is 0 Å². The molecule has 0 unspecified atom stereocenters. The number of fused-ring (bicyclic) bond motifs is 1. The number of aromatic nitrogens is 3. The minimum Gasteiger partial charge on any atom is -0.363 e. The van der Waals surface area contributed by atoms with Gasteiger partial charge in [0.25, 0.3) is 0 Å². The van der Waals surface area contributed by atoms with Gasteiger partial charge < -0.3 is 10.2 Å². The van der Waals surface area contributed by atoms with Crippen molar-refractivity contribution < 1.29 is 0 Å². The van der Waals surface area contributed by atoms with Gasteiger partial charge in [-0.2, -0.15) is 0 Å². The fourth-order valence-electron chi connectivity index (χ4n) is 1.96.